The van der Waals surface area contributed by atoms with Crippen LogP contribution in [0.1, 0.15) is 89.3 Å². The molecule has 0 saturated carbocycles. The molecule has 0 aliphatic carbocycles. The number of fused-ring (bicyclic) bond motifs is 1. The van der Waals surface area contributed by atoms with Crippen LogP contribution in [0.3, 0.4) is 0 Å². The van der Waals surface area contributed by atoms with Gasteiger partial charge in [-0.2, -0.15) is 13.2 Å². The van der Waals surface area contributed by atoms with Crippen molar-refractivity contribution in [1.29, 1.82) is 0 Å². The van der Waals surface area contributed by atoms with E-state index in [9.17, 15) is 27.9 Å². The van der Waals surface area contributed by atoms with Crippen molar-refractivity contribution in [2.45, 2.75) is 103 Å². The molecule has 2 heterocycles. The summed E-state index contributed by atoms with van der Waals surface area (Å²) < 4.78 is 47.8. The van der Waals surface area contributed by atoms with Crippen molar-refractivity contribution in [3.05, 3.63) is 23.4 Å². The van der Waals surface area contributed by atoms with Crippen molar-refractivity contribution in [2.75, 3.05) is 25.1 Å². The van der Waals surface area contributed by atoms with Gasteiger partial charge in [0, 0.05) is 31.9 Å². The number of carbonyl (C=O) groups excluding carboxylic acids is 1. The summed E-state index contributed by atoms with van der Waals surface area (Å²) in [6.45, 7) is 4.82. The Labute approximate surface area is 218 Å². The first-order chi connectivity index (χ1) is 17.6. The Kier molecular flexibility index (Phi) is 12.6. The third kappa shape index (κ3) is 9.16. The van der Waals surface area contributed by atoms with E-state index in [2.05, 4.69) is 21.7 Å². The standard InChI is InChI=1S/C27H42F3N3O4/c1-3-5-7-16-26(15-4-2,27(28,29)30)25(36)33-22(24(34)35)14-19-37-18-8-6-11-21-13-12-20-10-9-17-31-23(20)32-21/h12-13,22H,3-11,14-19H2,1-2H3,(H,31,32)(H,33,36)(H,34,35). The lowest BCUT2D eigenvalue weighted by Crippen LogP contribution is -2.55. The van der Waals surface area contributed by atoms with Gasteiger partial charge in [0.2, 0.25) is 5.91 Å². The molecule has 1 aromatic rings. The Morgan fingerprint density at radius 2 is 1.89 bits per heavy atom. The van der Waals surface area contributed by atoms with E-state index >= 15 is 0 Å². The number of hydrogen-bond acceptors (Lipinski definition) is 5. The van der Waals surface area contributed by atoms with Crippen LogP contribution < -0.4 is 10.6 Å². The van der Waals surface area contributed by atoms with E-state index in [0.29, 0.717) is 13.0 Å². The normalized spacial score (nSPS) is 15.8. The van der Waals surface area contributed by atoms with E-state index < -0.39 is 29.5 Å². The van der Waals surface area contributed by atoms with Gasteiger partial charge in [0.25, 0.3) is 0 Å². The number of nitrogens with one attached hydrogen (secondary N) is 2. The maximum Gasteiger partial charge on any atom is 0.403 e. The first kappa shape index (κ1) is 30.9. The Bertz CT molecular complexity index is 866. The number of ether oxygens (including phenoxy) is 1. The Hall–Kier alpha value is -2.36. The van der Waals surface area contributed by atoms with Crippen molar-refractivity contribution in [3.8, 4) is 0 Å². The SMILES string of the molecule is CCCCCC(CCC)(C(=O)NC(CCOCCCCc1ccc2c(n1)NCCC2)C(=O)O)C(F)(F)F. The molecule has 0 aromatic carbocycles. The number of amides is 1. The minimum Gasteiger partial charge on any atom is -0.480 e. The summed E-state index contributed by atoms with van der Waals surface area (Å²) in [5.74, 6) is -1.66. The number of nitrogens with zero attached hydrogens (tertiary/aromatic N) is 1. The highest BCUT2D eigenvalue weighted by molar-refractivity contribution is 5.88. The largest absolute Gasteiger partial charge is 0.480 e. The highest BCUT2D eigenvalue weighted by atomic mass is 19.4. The predicted octanol–water partition coefficient (Wildman–Crippen LogP) is 5.67. The lowest BCUT2D eigenvalue weighted by Gasteiger charge is -2.35. The van der Waals surface area contributed by atoms with Crippen LogP contribution in [0.4, 0.5) is 19.0 Å². The van der Waals surface area contributed by atoms with Crippen LogP contribution in [0.5, 0.6) is 0 Å². The van der Waals surface area contributed by atoms with Crippen LogP contribution in [-0.4, -0.2) is 53.9 Å². The minimum atomic E-state index is -4.76. The fourth-order valence-electron chi connectivity index (χ4n) is 4.74. The quantitative estimate of drug-likeness (QED) is 0.225. The molecule has 2 rings (SSSR count). The summed E-state index contributed by atoms with van der Waals surface area (Å²) in [4.78, 5) is 29.2. The number of aromatic nitrogens is 1. The van der Waals surface area contributed by atoms with Gasteiger partial charge >= 0.3 is 12.1 Å². The molecular weight excluding hydrogens is 487 g/mol. The number of hydrogen-bond donors (Lipinski definition) is 3. The summed E-state index contributed by atoms with van der Waals surface area (Å²) in [5.41, 5.74) is -0.339. The highest BCUT2D eigenvalue weighted by Gasteiger charge is 2.59. The average molecular weight is 530 g/mol. The van der Waals surface area contributed by atoms with Gasteiger partial charge in [-0.25, -0.2) is 9.78 Å². The van der Waals surface area contributed by atoms with Gasteiger partial charge in [-0.1, -0.05) is 45.6 Å². The molecule has 37 heavy (non-hydrogen) atoms. The van der Waals surface area contributed by atoms with Crippen LogP contribution in [0.15, 0.2) is 12.1 Å². The van der Waals surface area contributed by atoms with E-state index in [4.69, 9.17) is 4.74 Å². The van der Waals surface area contributed by atoms with E-state index in [1.165, 1.54) is 5.56 Å². The topological polar surface area (TPSA) is 101 Å². The van der Waals surface area contributed by atoms with Gasteiger partial charge in [-0.3, -0.25) is 4.79 Å². The molecule has 0 radical (unpaired) electrons. The van der Waals surface area contributed by atoms with Gasteiger partial charge in [-0.05, 0) is 56.6 Å². The number of carbonyl (C=O) groups is 2. The first-order valence-corrected chi connectivity index (χ1v) is 13.6. The van der Waals surface area contributed by atoms with Crippen LogP contribution in [0.25, 0.3) is 0 Å². The summed E-state index contributed by atoms with van der Waals surface area (Å²) in [6.07, 6.45) is 0.649. The van der Waals surface area contributed by atoms with Crippen LogP contribution in [-0.2, 0) is 27.2 Å². The molecule has 2 unspecified atom stereocenters. The van der Waals surface area contributed by atoms with Crippen molar-refractivity contribution < 1.29 is 32.6 Å². The number of alkyl halides is 3. The molecule has 1 amide bonds. The van der Waals surface area contributed by atoms with Crippen molar-refractivity contribution in [1.82, 2.24) is 10.3 Å². The van der Waals surface area contributed by atoms with Gasteiger partial charge in [-0.15, -0.1) is 0 Å². The molecule has 0 fully saturated rings. The molecule has 0 saturated heterocycles. The Morgan fingerprint density at radius 3 is 2.57 bits per heavy atom. The monoisotopic (exact) mass is 529 g/mol. The number of carboxylic acids is 1. The van der Waals surface area contributed by atoms with Crippen LogP contribution >= 0.6 is 0 Å². The van der Waals surface area contributed by atoms with Gasteiger partial charge in [0.1, 0.15) is 17.3 Å². The molecule has 1 aliphatic rings. The van der Waals surface area contributed by atoms with Gasteiger partial charge < -0.3 is 20.5 Å². The van der Waals surface area contributed by atoms with E-state index in [1.54, 1.807) is 6.92 Å². The average Bonchev–Trinajstić information content (AvgIpc) is 2.85. The summed E-state index contributed by atoms with van der Waals surface area (Å²) in [6, 6.07) is 2.71. The molecule has 7 nitrogen and oxygen atoms in total. The zero-order chi connectivity index (χ0) is 27.3. The molecule has 2 atom stereocenters. The molecule has 210 valence electrons. The zero-order valence-electron chi connectivity index (χ0n) is 22.1. The van der Waals surface area contributed by atoms with Crippen molar-refractivity contribution in [2.24, 2.45) is 5.41 Å². The predicted molar refractivity (Wildman–Crippen MR) is 137 cm³/mol. The second-order valence-electron chi connectivity index (χ2n) is 9.85. The molecule has 10 heteroatoms. The molecule has 3 N–H and O–H groups in total. The number of halogens is 3. The maximum atomic E-state index is 14.1. The molecule has 0 spiro atoms. The van der Waals surface area contributed by atoms with Crippen molar-refractivity contribution in [3.63, 3.8) is 0 Å². The number of rotatable bonds is 17. The molecule has 1 aromatic heterocycles. The fourth-order valence-corrected chi connectivity index (χ4v) is 4.74. The maximum absolute atomic E-state index is 14.1. The number of aryl methyl sites for hydroxylation is 2. The van der Waals surface area contributed by atoms with E-state index in [-0.39, 0.29) is 38.7 Å². The van der Waals surface area contributed by atoms with Crippen LogP contribution in [0.2, 0.25) is 0 Å². The smallest absolute Gasteiger partial charge is 0.403 e. The highest BCUT2D eigenvalue weighted by Crippen LogP contribution is 2.46. The number of unbranched alkanes of at least 4 members (excludes halogenated alkanes) is 3. The third-order valence-electron chi connectivity index (χ3n) is 6.94. The molecule has 1 aliphatic heterocycles. The Balaban J connectivity index is 1.81. The van der Waals surface area contributed by atoms with E-state index in [1.807, 2.05) is 13.0 Å². The van der Waals surface area contributed by atoms with E-state index in [0.717, 1.165) is 56.6 Å². The molecule has 0 bridgehead atoms. The Morgan fingerprint density at radius 1 is 1.11 bits per heavy atom. The number of anilines is 1. The first-order valence-electron chi connectivity index (χ1n) is 13.6. The van der Waals surface area contributed by atoms with Gasteiger partial charge in [0.15, 0.2) is 0 Å². The molecular formula is C27H42F3N3O4. The van der Waals surface area contributed by atoms with Gasteiger partial charge in [0.05, 0.1) is 0 Å². The lowest BCUT2D eigenvalue weighted by atomic mass is 9.76. The third-order valence-corrected chi connectivity index (χ3v) is 6.94. The summed E-state index contributed by atoms with van der Waals surface area (Å²) >= 11 is 0. The zero-order valence-corrected chi connectivity index (χ0v) is 22.1. The number of pyridine rings is 1. The second-order valence-corrected chi connectivity index (χ2v) is 9.85. The second kappa shape index (κ2) is 15.1. The number of carboxylic acid groups (broad SMARTS) is 1. The summed E-state index contributed by atoms with van der Waals surface area (Å²) in [7, 11) is 0. The van der Waals surface area contributed by atoms with Crippen LogP contribution in [0, 0.1) is 5.41 Å². The number of aliphatic carboxylic acids is 1. The minimum absolute atomic E-state index is 0.0287. The fraction of sp³-hybridized carbons (Fsp3) is 0.741. The summed E-state index contributed by atoms with van der Waals surface area (Å²) in [5, 5.41) is 15.0. The lowest BCUT2D eigenvalue weighted by molar-refractivity contribution is -0.227. The van der Waals surface area contributed by atoms with Crippen molar-refractivity contribution >= 4 is 17.7 Å².